The summed E-state index contributed by atoms with van der Waals surface area (Å²) in [7, 11) is 0. The Hall–Kier alpha value is -0.840. The van der Waals surface area contributed by atoms with Gasteiger partial charge in [-0.05, 0) is 31.1 Å². The molecule has 0 saturated heterocycles. The molecule has 2 saturated carbocycles. The van der Waals surface area contributed by atoms with Crippen molar-refractivity contribution >= 4 is 0 Å². The summed E-state index contributed by atoms with van der Waals surface area (Å²) in [5.41, 5.74) is -11.8. The zero-order valence-corrected chi connectivity index (χ0v) is 10.8. The van der Waals surface area contributed by atoms with Gasteiger partial charge in [-0.1, -0.05) is 0 Å². The zero-order valence-electron chi connectivity index (χ0n) is 10.8. The van der Waals surface area contributed by atoms with Crippen LogP contribution in [-0.2, 0) is 0 Å². The highest BCUT2D eigenvalue weighted by molar-refractivity contribution is 5.24. The maximum Gasteiger partial charge on any atom is 0.404 e. The van der Waals surface area contributed by atoms with Crippen LogP contribution in [-0.4, -0.2) is 24.7 Å². The van der Waals surface area contributed by atoms with Crippen molar-refractivity contribution in [2.75, 3.05) is 0 Å². The van der Waals surface area contributed by atoms with E-state index in [1.54, 1.807) is 0 Å². The Morgan fingerprint density at radius 3 is 0.870 bits per heavy atom. The van der Waals surface area contributed by atoms with Gasteiger partial charge in [-0.15, -0.1) is 0 Å². The highest BCUT2D eigenvalue weighted by Crippen LogP contribution is 2.83. The standard InChI is InChI=1S/C11H8F12/c12-8(13,14)6(9(15,16)17)4-1-2-5(3-4)7(6,10(18,19)20)11(21,22)23/h4-5H,1-3H2. The molecule has 0 amide bonds. The Morgan fingerprint density at radius 1 is 0.478 bits per heavy atom. The lowest BCUT2D eigenvalue weighted by Gasteiger charge is -2.54. The van der Waals surface area contributed by atoms with E-state index in [0.717, 1.165) is 0 Å². The normalized spacial score (nSPS) is 30.8. The minimum atomic E-state index is -6.75. The molecule has 0 heterocycles. The largest absolute Gasteiger partial charge is 0.404 e. The van der Waals surface area contributed by atoms with Crippen molar-refractivity contribution < 1.29 is 52.7 Å². The molecule has 2 bridgehead atoms. The first-order valence-electron chi connectivity index (χ1n) is 6.23. The second-order valence-electron chi connectivity index (χ2n) is 5.81. The first-order valence-corrected chi connectivity index (χ1v) is 6.23. The monoisotopic (exact) mass is 368 g/mol. The molecule has 2 fully saturated rings. The molecule has 0 nitrogen and oxygen atoms in total. The molecule has 2 aliphatic rings. The van der Waals surface area contributed by atoms with E-state index >= 15 is 0 Å². The Labute approximate surface area is 120 Å². The molecule has 23 heavy (non-hydrogen) atoms. The maximum absolute atomic E-state index is 13.2. The van der Waals surface area contributed by atoms with Crippen LogP contribution in [0.2, 0.25) is 0 Å². The summed E-state index contributed by atoms with van der Waals surface area (Å²) >= 11 is 0. The van der Waals surface area contributed by atoms with Gasteiger partial charge in [0, 0.05) is 0 Å². The van der Waals surface area contributed by atoms with Crippen LogP contribution >= 0.6 is 0 Å². The number of fused-ring (bicyclic) bond motifs is 2. The first kappa shape index (κ1) is 18.5. The van der Waals surface area contributed by atoms with E-state index in [9.17, 15) is 52.7 Å². The van der Waals surface area contributed by atoms with E-state index < -0.39 is 66.6 Å². The molecular weight excluding hydrogens is 360 g/mol. The van der Waals surface area contributed by atoms with Gasteiger partial charge in [-0.3, -0.25) is 0 Å². The van der Waals surface area contributed by atoms with Gasteiger partial charge in [0.2, 0.25) is 0 Å². The molecule has 0 N–H and O–H groups in total. The summed E-state index contributed by atoms with van der Waals surface area (Å²) in [6.45, 7) is 0. The summed E-state index contributed by atoms with van der Waals surface area (Å²) in [4.78, 5) is 0. The van der Waals surface area contributed by atoms with Crippen molar-refractivity contribution in [3.8, 4) is 0 Å². The molecule has 2 aliphatic carbocycles. The minimum Gasteiger partial charge on any atom is -0.170 e. The van der Waals surface area contributed by atoms with E-state index in [2.05, 4.69) is 0 Å². The van der Waals surface area contributed by atoms with E-state index in [-0.39, 0.29) is 0 Å². The average molecular weight is 368 g/mol. The Balaban J connectivity index is 2.98. The van der Waals surface area contributed by atoms with Crippen molar-refractivity contribution in [2.45, 2.75) is 44.0 Å². The smallest absolute Gasteiger partial charge is 0.170 e. The van der Waals surface area contributed by atoms with Crippen LogP contribution in [0.3, 0.4) is 0 Å². The zero-order chi connectivity index (χ0) is 18.3. The number of alkyl halides is 12. The fourth-order valence-electron chi connectivity index (χ4n) is 4.55. The van der Waals surface area contributed by atoms with Gasteiger partial charge in [0.05, 0.1) is 0 Å². The highest BCUT2D eigenvalue weighted by Gasteiger charge is 2.98. The average Bonchev–Trinajstić information content (AvgIpc) is 2.79. The molecule has 2 atom stereocenters. The maximum atomic E-state index is 13.2. The predicted octanol–water partition coefficient (Wildman–Crippen LogP) is 5.64. The molecule has 0 spiro atoms. The third-order valence-corrected chi connectivity index (χ3v) is 5.07. The van der Waals surface area contributed by atoms with Gasteiger partial charge in [0.15, 0.2) is 10.8 Å². The van der Waals surface area contributed by atoms with Crippen LogP contribution in [0, 0.1) is 22.7 Å². The fourth-order valence-corrected chi connectivity index (χ4v) is 4.55. The Kier molecular flexibility index (Phi) is 3.55. The topological polar surface area (TPSA) is 0 Å². The second-order valence-corrected chi connectivity index (χ2v) is 5.81. The Bertz CT molecular complexity index is 403. The first-order chi connectivity index (χ1) is 9.96. The van der Waals surface area contributed by atoms with Crippen LogP contribution in [0.1, 0.15) is 19.3 Å². The minimum absolute atomic E-state index is 0.988. The molecule has 0 radical (unpaired) electrons. The highest BCUT2D eigenvalue weighted by atomic mass is 19.4. The van der Waals surface area contributed by atoms with Gasteiger partial charge in [0.1, 0.15) is 0 Å². The van der Waals surface area contributed by atoms with Gasteiger partial charge in [0.25, 0.3) is 0 Å². The lowest BCUT2D eigenvalue weighted by atomic mass is 9.53. The molecule has 0 aromatic rings. The van der Waals surface area contributed by atoms with E-state index in [1.165, 1.54) is 0 Å². The lowest BCUT2D eigenvalue weighted by molar-refractivity contribution is -0.483. The molecule has 0 aliphatic heterocycles. The van der Waals surface area contributed by atoms with Crippen LogP contribution in [0.4, 0.5) is 52.7 Å². The SMILES string of the molecule is FC(F)(F)C1(C(F)(F)F)C2CCC(C2)C1(C(F)(F)F)C(F)(F)F. The van der Waals surface area contributed by atoms with Crippen molar-refractivity contribution in [3.63, 3.8) is 0 Å². The molecule has 136 valence electrons. The fraction of sp³-hybridized carbons (Fsp3) is 1.00. The number of halogens is 12. The second kappa shape index (κ2) is 4.41. The van der Waals surface area contributed by atoms with E-state index in [1.807, 2.05) is 0 Å². The van der Waals surface area contributed by atoms with Gasteiger partial charge in [-0.2, -0.15) is 52.7 Å². The van der Waals surface area contributed by atoms with Crippen LogP contribution in [0.5, 0.6) is 0 Å². The summed E-state index contributed by atoms with van der Waals surface area (Å²) in [6.07, 6.45) is -30.4. The molecule has 0 aromatic carbocycles. The summed E-state index contributed by atoms with van der Waals surface area (Å²) in [5.74, 6) is -5.62. The summed E-state index contributed by atoms with van der Waals surface area (Å²) < 4.78 is 158. The predicted molar refractivity (Wildman–Crippen MR) is 49.9 cm³/mol. The van der Waals surface area contributed by atoms with Crippen molar-refractivity contribution in [3.05, 3.63) is 0 Å². The summed E-state index contributed by atoms with van der Waals surface area (Å²) in [6, 6.07) is 0. The molecular formula is C11H8F12. The molecule has 2 unspecified atom stereocenters. The Morgan fingerprint density at radius 2 is 0.696 bits per heavy atom. The van der Waals surface area contributed by atoms with E-state index in [0.29, 0.717) is 0 Å². The third-order valence-electron chi connectivity index (χ3n) is 5.07. The lowest BCUT2D eigenvalue weighted by Crippen LogP contribution is -2.73. The summed E-state index contributed by atoms with van der Waals surface area (Å²) in [5, 5.41) is 0. The molecule has 0 aromatic heterocycles. The number of hydrogen-bond donors (Lipinski definition) is 0. The van der Waals surface area contributed by atoms with Crippen molar-refractivity contribution in [1.82, 2.24) is 0 Å². The molecule has 12 heteroatoms. The molecule has 2 rings (SSSR count). The number of rotatable bonds is 0. The van der Waals surface area contributed by atoms with Crippen LogP contribution in [0.25, 0.3) is 0 Å². The van der Waals surface area contributed by atoms with Crippen molar-refractivity contribution in [1.29, 1.82) is 0 Å². The van der Waals surface area contributed by atoms with Gasteiger partial charge < -0.3 is 0 Å². The van der Waals surface area contributed by atoms with Gasteiger partial charge in [-0.25, -0.2) is 0 Å². The van der Waals surface area contributed by atoms with Crippen molar-refractivity contribution in [2.24, 2.45) is 22.7 Å². The van der Waals surface area contributed by atoms with Crippen LogP contribution in [0.15, 0.2) is 0 Å². The third kappa shape index (κ3) is 1.83. The van der Waals surface area contributed by atoms with Gasteiger partial charge >= 0.3 is 24.7 Å². The quantitative estimate of drug-likeness (QED) is 0.486. The number of hydrogen-bond acceptors (Lipinski definition) is 0. The van der Waals surface area contributed by atoms with Crippen LogP contribution < -0.4 is 0 Å². The van der Waals surface area contributed by atoms with E-state index in [4.69, 9.17) is 0 Å².